The van der Waals surface area contributed by atoms with Crippen LogP contribution in [0.4, 0.5) is 5.13 Å². The van der Waals surface area contributed by atoms with Crippen LogP contribution in [-0.2, 0) is 9.59 Å². The maximum absolute atomic E-state index is 12.2. The fraction of sp³-hybridized carbons (Fsp3) is 0.615. The summed E-state index contributed by atoms with van der Waals surface area (Å²) in [6.45, 7) is 4.66. The Bertz CT molecular complexity index is 504. The Balaban J connectivity index is 1.94. The molecule has 110 valence electrons. The highest BCUT2D eigenvalue weighted by Crippen LogP contribution is 2.21. The molecule has 1 N–H and O–H groups in total. The van der Waals surface area contributed by atoms with E-state index in [-0.39, 0.29) is 17.7 Å². The van der Waals surface area contributed by atoms with Gasteiger partial charge in [-0.2, -0.15) is 0 Å². The van der Waals surface area contributed by atoms with Crippen LogP contribution < -0.4 is 5.32 Å². The predicted octanol–water partition coefficient (Wildman–Crippen LogP) is 2.26. The van der Waals surface area contributed by atoms with Crippen LogP contribution in [0.25, 0.3) is 0 Å². The van der Waals surface area contributed by atoms with Gasteiger partial charge in [0.2, 0.25) is 11.8 Å². The Morgan fingerprint density at radius 1 is 1.60 bits per heavy atom. The fourth-order valence-corrected chi connectivity index (χ4v) is 3.09. The Morgan fingerprint density at radius 2 is 2.35 bits per heavy atom. The Kier molecular flexibility index (Phi) is 4.99. The molecular formula is C13H18ClN3O2S. The number of carbonyl (C=O) groups is 2. The third-order valence-electron chi connectivity index (χ3n) is 3.29. The zero-order chi connectivity index (χ0) is 14.7. The summed E-state index contributed by atoms with van der Waals surface area (Å²) in [4.78, 5) is 30.0. The smallest absolute Gasteiger partial charge is 0.240 e. The second-order valence-corrected chi connectivity index (χ2v) is 6.54. The van der Waals surface area contributed by atoms with Crippen molar-refractivity contribution < 1.29 is 9.59 Å². The molecule has 0 aliphatic carbocycles. The number of carbonyl (C=O) groups excluding carboxylic acids is 2. The van der Waals surface area contributed by atoms with Gasteiger partial charge in [-0.1, -0.05) is 0 Å². The lowest BCUT2D eigenvalue weighted by Gasteiger charge is -2.32. The molecule has 0 saturated carbocycles. The van der Waals surface area contributed by atoms with Crippen molar-refractivity contribution in [3.8, 4) is 0 Å². The molecule has 5 nitrogen and oxygen atoms in total. The third kappa shape index (κ3) is 3.70. The van der Waals surface area contributed by atoms with E-state index in [2.05, 4.69) is 10.3 Å². The van der Waals surface area contributed by atoms with Gasteiger partial charge in [-0.3, -0.25) is 9.59 Å². The number of anilines is 1. The standard InChI is InChI=1S/C13H18ClN3O2S/c1-8-7-20-13(15-8)16-11(18)10-4-3-5-17(6-10)12(19)9(2)14/h7,9-10H,3-6H2,1-2H3,(H,15,16,18). The molecule has 0 bridgehead atoms. The fourth-order valence-electron chi connectivity index (χ4n) is 2.26. The molecule has 2 amide bonds. The molecule has 1 aromatic rings. The average Bonchev–Trinajstić information content (AvgIpc) is 2.83. The van der Waals surface area contributed by atoms with E-state index < -0.39 is 5.38 Å². The van der Waals surface area contributed by atoms with Crippen molar-refractivity contribution in [2.24, 2.45) is 5.92 Å². The highest BCUT2D eigenvalue weighted by molar-refractivity contribution is 7.13. The molecule has 1 saturated heterocycles. The first-order valence-electron chi connectivity index (χ1n) is 6.63. The van der Waals surface area contributed by atoms with Crippen molar-refractivity contribution in [3.63, 3.8) is 0 Å². The van der Waals surface area contributed by atoms with Crippen LogP contribution >= 0.6 is 22.9 Å². The number of aryl methyl sites for hydroxylation is 1. The molecule has 0 radical (unpaired) electrons. The molecule has 20 heavy (non-hydrogen) atoms. The van der Waals surface area contributed by atoms with Gasteiger partial charge < -0.3 is 10.2 Å². The first-order valence-corrected chi connectivity index (χ1v) is 7.95. The number of hydrogen-bond acceptors (Lipinski definition) is 4. The lowest BCUT2D eigenvalue weighted by atomic mass is 9.97. The Morgan fingerprint density at radius 3 is 2.95 bits per heavy atom. The highest BCUT2D eigenvalue weighted by Gasteiger charge is 2.30. The quantitative estimate of drug-likeness (QED) is 0.870. The number of rotatable bonds is 3. The second-order valence-electron chi connectivity index (χ2n) is 5.02. The van der Waals surface area contributed by atoms with Gasteiger partial charge in [0.15, 0.2) is 5.13 Å². The molecule has 7 heteroatoms. The van der Waals surface area contributed by atoms with E-state index in [1.54, 1.807) is 11.8 Å². The summed E-state index contributed by atoms with van der Waals surface area (Å²) >= 11 is 7.23. The molecule has 1 aliphatic heterocycles. The van der Waals surface area contributed by atoms with Gasteiger partial charge in [0.1, 0.15) is 5.38 Å². The summed E-state index contributed by atoms with van der Waals surface area (Å²) in [6.07, 6.45) is 1.61. The summed E-state index contributed by atoms with van der Waals surface area (Å²) in [5.41, 5.74) is 0.890. The first kappa shape index (κ1) is 15.3. The van der Waals surface area contributed by atoms with Crippen LogP contribution in [0.1, 0.15) is 25.5 Å². The van der Waals surface area contributed by atoms with Gasteiger partial charge in [-0.15, -0.1) is 22.9 Å². The summed E-state index contributed by atoms with van der Waals surface area (Å²) in [5, 5.41) is 4.78. The number of nitrogens with zero attached hydrogens (tertiary/aromatic N) is 2. The molecular weight excluding hydrogens is 298 g/mol. The number of likely N-dealkylation sites (tertiary alicyclic amines) is 1. The minimum atomic E-state index is -0.543. The van der Waals surface area contributed by atoms with Crippen molar-refractivity contribution in [2.45, 2.75) is 32.1 Å². The monoisotopic (exact) mass is 315 g/mol. The lowest BCUT2D eigenvalue weighted by Crippen LogP contribution is -2.45. The molecule has 1 aliphatic rings. The third-order valence-corrected chi connectivity index (χ3v) is 4.36. The van der Waals surface area contributed by atoms with E-state index >= 15 is 0 Å². The van der Waals surface area contributed by atoms with E-state index in [0.29, 0.717) is 18.2 Å². The average molecular weight is 316 g/mol. The van der Waals surface area contributed by atoms with Crippen molar-refractivity contribution in [1.82, 2.24) is 9.88 Å². The largest absolute Gasteiger partial charge is 0.341 e. The van der Waals surface area contributed by atoms with Crippen LogP contribution in [0.2, 0.25) is 0 Å². The topological polar surface area (TPSA) is 62.3 Å². The van der Waals surface area contributed by atoms with Crippen molar-refractivity contribution in [2.75, 3.05) is 18.4 Å². The molecule has 0 spiro atoms. The Hall–Kier alpha value is -1.14. The summed E-state index contributed by atoms with van der Waals surface area (Å²) in [5.74, 6) is -0.361. The van der Waals surface area contributed by atoms with E-state index in [4.69, 9.17) is 11.6 Å². The Labute approximate surface area is 127 Å². The number of aromatic nitrogens is 1. The number of piperidine rings is 1. The molecule has 2 heterocycles. The molecule has 1 aromatic heterocycles. The number of alkyl halides is 1. The second kappa shape index (κ2) is 6.54. The SMILES string of the molecule is Cc1csc(NC(=O)C2CCCN(C(=O)C(C)Cl)C2)n1. The van der Waals surface area contributed by atoms with Crippen LogP contribution in [0, 0.1) is 12.8 Å². The summed E-state index contributed by atoms with van der Waals surface area (Å²) < 4.78 is 0. The van der Waals surface area contributed by atoms with Gasteiger partial charge in [0.05, 0.1) is 11.6 Å². The number of halogens is 1. The van der Waals surface area contributed by atoms with Crippen LogP contribution in [-0.4, -0.2) is 40.2 Å². The minimum Gasteiger partial charge on any atom is -0.341 e. The minimum absolute atomic E-state index is 0.0703. The zero-order valence-corrected chi connectivity index (χ0v) is 13.1. The van der Waals surface area contributed by atoms with Crippen LogP contribution in [0.5, 0.6) is 0 Å². The number of thiazole rings is 1. The molecule has 0 aromatic carbocycles. The van der Waals surface area contributed by atoms with E-state index in [9.17, 15) is 9.59 Å². The van der Waals surface area contributed by atoms with E-state index in [1.165, 1.54) is 11.3 Å². The van der Waals surface area contributed by atoms with Gasteiger partial charge in [0, 0.05) is 18.5 Å². The van der Waals surface area contributed by atoms with Crippen LogP contribution in [0.15, 0.2) is 5.38 Å². The number of nitrogens with one attached hydrogen (secondary N) is 1. The van der Waals surface area contributed by atoms with Gasteiger partial charge in [-0.25, -0.2) is 4.98 Å². The van der Waals surface area contributed by atoms with Crippen LogP contribution in [0.3, 0.4) is 0 Å². The number of hydrogen-bond donors (Lipinski definition) is 1. The van der Waals surface area contributed by atoms with E-state index in [0.717, 1.165) is 18.5 Å². The van der Waals surface area contributed by atoms with Crippen molar-refractivity contribution in [3.05, 3.63) is 11.1 Å². The van der Waals surface area contributed by atoms with E-state index in [1.807, 2.05) is 12.3 Å². The summed E-state index contributed by atoms with van der Waals surface area (Å²) in [7, 11) is 0. The first-order chi connectivity index (χ1) is 9.47. The normalized spacial score (nSPS) is 20.6. The molecule has 2 unspecified atom stereocenters. The molecule has 2 rings (SSSR count). The summed E-state index contributed by atoms with van der Waals surface area (Å²) in [6, 6.07) is 0. The molecule has 1 fully saturated rings. The van der Waals surface area contributed by atoms with Crippen molar-refractivity contribution in [1.29, 1.82) is 0 Å². The maximum atomic E-state index is 12.2. The van der Waals surface area contributed by atoms with Gasteiger partial charge in [0.25, 0.3) is 0 Å². The molecule has 2 atom stereocenters. The number of amides is 2. The maximum Gasteiger partial charge on any atom is 0.240 e. The van der Waals surface area contributed by atoms with Crippen molar-refractivity contribution >= 4 is 39.9 Å². The van der Waals surface area contributed by atoms with Gasteiger partial charge >= 0.3 is 0 Å². The van der Waals surface area contributed by atoms with Gasteiger partial charge in [-0.05, 0) is 26.7 Å². The highest BCUT2D eigenvalue weighted by atomic mass is 35.5. The zero-order valence-electron chi connectivity index (χ0n) is 11.6. The lowest BCUT2D eigenvalue weighted by molar-refractivity contribution is -0.133. The predicted molar refractivity (Wildman–Crippen MR) is 80.1 cm³/mol.